The molecule has 0 radical (unpaired) electrons. The number of halogens is 6. The Bertz CT molecular complexity index is 1170. The zero-order valence-electron chi connectivity index (χ0n) is 18.0. The van der Waals surface area contributed by atoms with E-state index in [1.54, 1.807) is 60.7 Å². The Kier molecular flexibility index (Phi) is 8.39. The highest BCUT2D eigenvalue weighted by Gasteiger charge is 2.41. The number of anilines is 1. The van der Waals surface area contributed by atoms with Crippen molar-refractivity contribution in [2.45, 2.75) is 25.4 Å². The third kappa shape index (κ3) is 6.59. The third-order valence-electron chi connectivity index (χ3n) is 5.62. The highest BCUT2D eigenvalue weighted by molar-refractivity contribution is 6.33. The molecule has 0 saturated carbocycles. The summed E-state index contributed by atoms with van der Waals surface area (Å²) in [4.78, 5) is 11.3. The zero-order valence-corrected chi connectivity index (χ0v) is 20.2. The molecule has 0 unspecified atom stereocenters. The first-order valence-corrected chi connectivity index (χ1v) is 11.4. The van der Waals surface area contributed by atoms with Crippen molar-refractivity contribution in [1.29, 1.82) is 0 Å². The molecule has 0 fully saturated rings. The summed E-state index contributed by atoms with van der Waals surface area (Å²) in [5, 5.41) is 13.5. The zero-order chi connectivity index (χ0) is 25.0. The van der Waals surface area contributed by atoms with Crippen LogP contribution >= 0.6 is 34.8 Å². The predicted octanol–water partition coefficient (Wildman–Crippen LogP) is 8.34. The molecule has 0 spiro atoms. The molecule has 3 aromatic carbocycles. The average molecular weight is 531 g/mol. The molecule has 180 valence electrons. The maximum atomic E-state index is 13.6. The van der Waals surface area contributed by atoms with E-state index < -0.39 is 24.0 Å². The molecule has 0 heterocycles. The number of carboxylic acids is 1. The molecule has 3 aromatic rings. The summed E-state index contributed by atoms with van der Waals surface area (Å²) >= 11 is 18.3. The van der Waals surface area contributed by atoms with Crippen LogP contribution in [0, 0.1) is 5.92 Å². The van der Waals surface area contributed by atoms with E-state index in [0.29, 0.717) is 43.0 Å². The highest BCUT2D eigenvalue weighted by atomic mass is 35.5. The van der Waals surface area contributed by atoms with Gasteiger partial charge in [-0.05, 0) is 58.7 Å². The summed E-state index contributed by atoms with van der Waals surface area (Å²) < 4.78 is 40.8. The highest BCUT2D eigenvalue weighted by Crippen LogP contribution is 2.39. The van der Waals surface area contributed by atoms with Crippen LogP contribution in [0.4, 0.5) is 18.9 Å². The summed E-state index contributed by atoms with van der Waals surface area (Å²) in [6, 6.07) is 16.2. The first kappa shape index (κ1) is 26.2. The lowest BCUT2D eigenvalue weighted by atomic mass is 9.86. The topological polar surface area (TPSA) is 49.3 Å². The second-order valence-corrected chi connectivity index (χ2v) is 9.22. The minimum atomic E-state index is -4.40. The maximum Gasteiger partial charge on any atom is 0.392 e. The fourth-order valence-corrected chi connectivity index (χ4v) is 4.23. The summed E-state index contributed by atoms with van der Waals surface area (Å²) in [5.41, 5.74) is 2.74. The van der Waals surface area contributed by atoms with E-state index in [2.05, 4.69) is 5.32 Å². The van der Waals surface area contributed by atoms with E-state index >= 15 is 0 Å². The van der Waals surface area contributed by atoms with Crippen LogP contribution in [0.25, 0.3) is 11.1 Å². The molecule has 34 heavy (non-hydrogen) atoms. The van der Waals surface area contributed by atoms with Gasteiger partial charge in [0.1, 0.15) is 0 Å². The maximum absolute atomic E-state index is 13.6. The van der Waals surface area contributed by atoms with Gasteiger partial charge in [0.25, 0.3) is 0 Å². The number of hydrogen-bond acceptors (Lipinski definition) is 2. The molecule has 0 aliphatic carbocycles. The van der Waals surface area contributed by atoms with Crippen molar-refractivity contribution in [1.82, 2.24) is 0 Å². The number of carbonyl (C=O) groups is 1. The van der Waals surface area contributed by atoms with Gasteiger partial charge in [0.15, 0.2) is 0 Å². The summed E-state index contributed by atoms with van der Waals surface area (Å²) in [6.45, 7) is 1.11. The number of nitrogens with one attached hydrogen (secondary N) is 1. The normalized spacial score (nSPS) is 13.4. The number of rotatable bonds is 8. The second-order valence-electron chi connectivity index (χ2n) is 7.94. The number of alkyl halides is 3. The van der Waals surface area contributed by atoms with Crippen LogP contribution in [-0.2, 0) is 11.2 Å². The second kappa shape index (κ2) is 10.9. The molecule has 9 heteroatoms. The molecule has 0 bridgehead atoms. The molecule has 0 aromatic heterocycles. The van der Waals surface area contributed by atoms with Crippen molar-refractivity contribution in [3.05, 3.63) is 86.9 Å². The average Bonchev–Trinajstić information content (AvgIpc) is 2.75. The van der Waals surface area contributed by atoms with Crippen LogP contribution in [-0.4, -0.2) is 23.8 Å². The first-order chi connectivity index (χ1) is 16.0. The Morgan fingerprint density at radius 3 is 2.24 bits per heavy atom. The number of hydrogen-bond donors (Lipinski definition) is 2. The van der Waals surface area contributed by atoms with Crippen molar-refractivity contribution < 1.29 is 23.1 Å². The third-order valence-corrected chi connectivity index (χ3v) is 6.43. The van der Waals surface area contributed by atoms with Gasteiger partial charge in [-0.15, -0.1) is 0 Å². The van der Waals surface area contributed by atoms with Gasteiger partial charge in [-0.3, -0.25) is 4.79 Å². The number of carboxylic acid groups (broad SMARTS) is 1. The van der Waals surface area contributed by atoms with Crippen molar-refractivity contribution in [3.8, 4) is 11.1 Å². The largest absolute Gasteiger partial charge is 0.481 e. The van der Waals surface area contributed by atoms with Crippen LogP contribution in [0.5, 0.6) is 0 Å². The van der Waals surface area contributed by atoms with Gasteiger partial charge < -0.3 is 10.4 Å². The Morgan fingerprint density at radius 1 is 0.971 bits per heavy atom. The van der Waals surface area contributed by atoms with Crippen LogP contribution in [0.3, 0.4) is 0 Å². The van der Waals surface area contributed by atoms with Crippen molar-refractivity contribution in [2.75, 3.05) is 11.9 Å². The molecule has 0 amide bonds. The van der Waals surface area contributed by atoms with E-state index in [9.17, 15) is 23.1 Å². The van der Waals surface area contributed by atoms with E-state index in [-0.39, 0.29) is 13.0 Å². The molecule has 0 aliphatic heterocycles. The minimum Gasteiger partial charge on any atom is -0.481 e. The molecular formula is C25H21Cl3F3NO2. The Hall–Kier alpha value is -2.41. The molecule has 3 nitrogen and oxygen atoms in total. The number of aliphatic carboxylic acids is 1. The van der Waals surface area contributed by atoms with Gasteiger partial charge >= 0.3 is 12.1 Å². The predicted molar refractivity (Wildman–Crippen MR) is 131 cm³/mol. The fraction of sp³-hybridized carbons (Fsp3) is 0.240. The lowest BCUT2D eigenvalue weighted by Crippen LogP contribution is -2.30. The van der Waals surface area contributed by atoms with Gasteiger partial charge in [0.05, 0.1) is 23.0 Å². The van der Waals surface area contributed by atoms with Crippen molar-refractivity contribution in [3.63, 3.8) is 0 Å². The van der Waals surface area contributed by atoms with E-state index in [1.807, 2.05) is 0 Å². The van der Waals surface area contributed by atoms with Crippen LogP contribution in [0.2, 0.25) is 15.1 Å². The molecular weight excluding hydrogens is 510 g/mol. The standard InChI is InChI=1S/C25H21Cl3F3NO2/c1-14(25(29,30)31)21(15-2-5-18(26)6-3-15)13-32-23-11-16(4-9-22(23)28)20-8-7-19(27)10-17(20)12-24(33)34/h2-11,14,21,32H,12-13H2,1H3,(H,33,34)/t14-,21+/m1/s1. The fourth-order valence-electron chi connectivity index (χ4n) is 3.72. The SMILES string of the molecule is C[C@H]([C@H](CNc1cc(-c2ccc(Cl)cc2CC(=O)O)ccc1Cl)c1ccc(Cl)cc1)C(F)(F)F. The molecule has 0 aliphatic rings. The molecule has 2 N–H and O–H groups in total. The summed E-state index contributed by atoms with van der Waals surface area (Å²) in [5.74, 6) is -3.53. The van der Waals surface area contributed by atoms with Crippen molar-refractivity contribution in [2.24, 2.45) is 5.92 Å². The Balaban J connectivity index is 1.93. The molecule has 3 rings (SSSR count). The minimum absolute atomic E-state index is 0.0336. The first-order valence-electron chi connectivity index (χ1n) is 10.3. The lowest BCUT2D eigenvalue weighted by Gasteiger charge is -2.27. The van der Waals surface area contributed by atoms with Gasteiger partial charge in [-0.1, -0.05) is 66.0 Å². The Labute approximate surface area is 210 Å². The lowest BCUT2D eigenvalue weighted by molar-refractivity contribution is -0.174. The van der Waals surface area contributed by atoms with Crippen LogP contribution in [0.15, 0.2) is 60.7 Å². The smallest absolute Gasteiger partial charge is 0.392 e. The van der Waals surface area contributed by atoms with E-state index in [4.69, 9.17) is 34.8 Å². The van der Waals surface area contributed by atoms with Crippen LogP contribution < -0.4 is 5.32 Å². The van der Waals surface area contributed by atoms with Crippen LogP contribution in [0.1, 0.15) is 24.0 Å². The monoisotopic (exact) mass is 529 g/mol. The van der Waals surface area contributed by atoms with Gasteiger partial charge in [-0.2, -0.15) is 13.2 Å². The van der Waals surface area contributed by atoms with Gasteiger partial charge in [0, 0.05) is 22.5 Å². The van der Waals surface area contributed by atoms with Gasteiger partial charge in [-0.25, -0.2) is 0 Å². The summed E-state index contributed by atoms with van der Waals surface area (Å²) in [6.07, 6.45) is -4.63. The summed E-state index contributed by atoms with van der Waals surface area (Å²) in [7, 11) is 0. The quantitative estimate of drug-likeness (QED) is 0.308. The molecule has 2 atom stereocenters. The van der Waals surface area contributed by atoms with Gasteiger partial charge in [0.2, 0.25) is 0 Å². The van der Waals surface area contributed by atoms with Crippen molar-refractivity contribution >= 4 is 46.5 Å². The van der Waals surface area contributed by atoms with E-state index in [0.717, 1.165) is 6.92 Å². The Morgan fingerprint density at radius 2 is 1.62 bits per heavy atom. The van der Waals surface area contributed by atoms with E-state index in [1.165, 1.54) is 0 Å². The molecule has 0 saturated heterocycles. The number of benzene rings is 3.